The zero-order valence-electron chi connectivity index (χ0n) is 6.28. The molecule has 12 heavy (non-hydrogen) atoms. The van der Waals surface area contributed by atoms with Crippen molar-refractivity contribution in [3.8, 4) is 0 Å². The third-order valence-electron chi connectivity index (χ3n) is 1.88. The lowest BCUT2D eigenvalue weighted by molar-refractivity contribution is -0.385. The topological polar surface area (TPSA) is 55.2 Å². The Morgan fingerprint density at radius 3 is 3.08 bits per heavy atom. The molecule has 0 amide bonds. The minimum absolute atomic E-state index is 0.178. The number of hydrogen-bond acceptors (Lipinski definition) is 3. The fourth-order valence-corrected chi connectivity index (χ4v) is 1.34. The van der Waals surface area contributed by atoms with E-state index in [1.807, 2.05) is 12.5 Å². The smallest absolute Gasteiger partial charge is 0.275 e. The van der Waals surface area contributed by atoms with Crippen molar-refractivity contribution in [3.63, 3.8) is 0 Å². The van der Waals surface area contributed by atoms with Crippen molar-refractivity contribution < 1.29 is 4.92 Å². The second-order valence-corrected chi connectivity index (χ2v) is 2.58. The van der Waals surface area contributed by atoms with Crippen LogP contribution in [0.15, 0.2) is 18.2 Å². The molecule has 1 aromatic rings. The first kappa shape index (κ1) is 7.09. The van der Waals surface area contributed by atoms with Gasteiger partial charge in [0.15, 0.2) is 0 Å². The van der Waals surface area contributed by atoms with E-state index in [0.29, 0.717) is 12.1 Å². The lowest BCUT2D eigenvalue weighted by atomic mass is 10.1. The van der Waals surface area contributed by atoms with Crippen LogP contribution >= 0.6 is 0 Å². The summed E-state index contributed by atoms with van der Waals surface area (Å²) in [6.07, 6.45) is 1.83. The Morgan fingerprint density at radius 1 is 1.50 bits per heavy atom. The highest BCUT2D eigenvalue weighted by atomic mass is 16.6. The molecular weight excluding hydrogens is 156 g/mol. The Kier molecular flexibility index (Phi) is 1.46. The van der Waals surface area contributed by atoms with Gasteiger partial charge in [0, 0.05) is 24.7 Å². The molecular formula is C8H7N2O2. The number of nitro groups is 1. The van der Waals surface area contributed by atoms with Crippen LogP contribution in [0.3, 0.4) is 0 Å². The first-order chi connectivity index (χ1) is 5.79. The van der Waals surface area contributed by atoms with Gasteiger partial charge in [0.25, 0.3) is 5.69 Å². The van der Waals surface area contributed by atoms with Gasteiger partial charge in [-0.2, -0.15) is 0 Å². The van der Waals surface area contributed by atoms with Crippen LogP contribution in [0.4, 0.5) is 11.4 Å². The predicted octanol–water partition coefficient (Wildman–Crippen LogP) is 1.57. The number of anilines is 1. The fraction of sp³-hybridized carbons (Fsp3) is 0.125. The van der Waals surface area contributed by atoms with Gasteiger partial charge in [0.05, 0.1) is 10.5 Å². The molecule has 0 bridgehead atoms. The molecule has 1 heterocycles. The molecule has 1 aliphatic heterocycles. The Morgan fingerprint density at radius 2 is 2.33 bits per heavy atom. The predicted molar refractivity (Wildman–Crippen MR) is 45.0 cm³/mol. The molecule has 0 saturated carbocycles. The third-order valence-corrected chi connectivity index (χ3v) is 1.88. The number of fused-ring (bicyclic) bond motifs is 1. The van der Waals surface area contributed by atoms with Gasteiger partial charge in [0.2, 0.25) is 0 Å². The van der Waals surface area contributed by atoms with Crippen LogP contribution in [0.25, 0.3) is 0 Å². The summed E-state index contributed by atoms with van der Waals surface area (Å²) >= 11 is 0. The molecule has 1 radical (unpaired) electrons. The van der Waals surface area contributed by atoms with Crippen molar-refractivity contribution >= 4 is 11.4 Å². The monoisotopic (exact) mass is 163 g/mol. The van der Waals surface area contributed by atoms with Gasteiger partial charge < -0.3 is 5.32 Å². The number of rotatable bonds is 1. The second kappa shape index (κ2) is 2.48. The maximum Gasteiger partial charge on any atom is 0.275 e. The highest BCUT2D eigenvalue weighted by molar-refractivity contribution is 5.67. The molecule has 1 N–H and O–H groups in total. The quantitative estimate of drug-likeness (QED) is 0.505. The van der Waals surface area contributed by atoms with Crippen molar-refractivity contribution in [2.75, 3.05) is 11.9 Å². The van der Waals surface area contributed by atoms with E-state index in [4.69, 9.17) is 0 Å². The summed E-state index contributed by atoms with van der Waals surface area (Å²) < 4.78 is 0. The van der Waals surface area contributed by atoms with E-state index >= 15 is 0 Å². The summed E-state index contributed by atoms with van der Waals surface area (Å²) in [7, 11) is 0. The van der Waals surface area contributed by atoms with Crippen molar-refractivity contribution in [3.05, 3.63) is 40.3 Å². The summed E-state index contributed by atoms with van der Waals surface area (Å²) in [6, 6.07) is 5.04. The molecule has 0 unspecified atom stereocenters. The molecule has 2 rings (SSSR count). The zero-order valence-corrected chi connectivity index (χ0v) is 6.28. The molecule has 0 fully saturated rings. The van der Waals surface area contributed by atoms with E-state index in [1.54, 1.807) is 6.07 Å². The highest BCUT2D eigenvalue weighted by Gasteiger charge is 2.20. The molecule has 61 valence electrons. The molecule has 1 aromatic carbocycles. The summed E-state index contributed by atoms with van der Waals surface area (Å²) in [4.78, 5) is 10.2. The van der Waals surface area contributed by atoms with Crippen molar-refractivity contribution in [2.24, 2.45) is 0 Å². The van der Waals surface area contributed by atoms with E-state index in [9.17, 15) is 10.1 Å². The van der Waals surface area contributed by atoms with E-state index in [0.717, 1.165) is 5.69 Å². The lowest BCUT2D eigenvalue weighted by Gasteiger charge is -1.98. The molecule has 0 aromatic heterocycles. The first-order valence-electron chi connectivity index (χ1n) is 3.63. The van der Waals surface area contributed by atoms with Gasteiger partial charge in [0.1, 0.15) is 0 Å². The standard InChI is InChI=1S/C8H7N2O2/c11-10(12)8-3-1-2-7-6(8)4-5-9-7/h1-4,9H,5H2. The maximum absolute atomic E-state index is 10.5. The number of benzene rings is 1. The van der Waals surface area contributed by atoms with Crippen LogP contribution in [-0.2, 0) is 0 Å². The van der Waals surface area contributed by atoms with Crippen LogP contribution < -0.4 is 5.32 Å². The van der Waals surface area contributed by atoms with Gasteiger partial charge in [-0.05, 0) is 6.07 Å². The van der Waals surface area contributed by atoms with Crippen LogP contribution in [0.2, 0.25) is 0 Å². The zero-order chi connectivity index (χ0) is 8.55. The highest BCUT2D eigenvalue weighted by Crippen LogP contribution is 2.31. The van der Waals surface area contributed by atoms with Crippen molar-refractivity contribution in [1.29, 1.82) is 0 Å². The molecule has 4 heteroatoms. The largest absolute Gasteiger partial charge is 0.384 e. The Bertz CT molecular complexity index is 336. The number of nitrogens with one attached hydrogen (secondary N) is 1. The van der Waals surface area contributed by atoms with Gasteiger partial charge in [-0.15, -0.1) is 0 Å². The number of nitro benzene ring substituents is 1. The Hall–Kier alpha value is -1.58. The first-order valence-corrected chi connectivity index (χ1v) is 3.63. The summed E-state index contributed by atoms with van der Waals surface area (Å²) in [5.41, 5.74) is 1.74. The Balaban J connectivity index is 2.56. The van der Waals surface area contributed by atoms with Crippen LogP contribution in [-0.4, -0.2) is 11.5 Å². The van der Waals surface area contributed by atoms with Crippen LogP contribution in [0.5, 0.6) is 0 Å². The van der Waals surface area contributed by atoms with E-state index in [-0.39, 0.29) is 10.6 Å². The van der Waals surface area contributed by atoms with Crippen LogP contribution in [0.1, 0.15) is 5.56 Å². The van der Waals surface area contributed by atoms with Crippen molar-refractivity contribution in [2.45, 2.75) is 0 Å². The average molecular weight is 163 g/mol. The minimum Gasteiger partial charge on any atom is -0.384 e. The average Bonchev–Trinajstić information content (AvgIpc) is 2.49. The van der Waals surface area contributed by atoms with E-state index in [2.05, 4.69) is 5.32 Å². The Labute approximate surface area is 69.4 Å². The van der Waals surface area contributed by atoms with Gasteiger partial charge in [-0.1, -0.05) is 6.07 Å². The normalized spacial score (nSPS) is 13.7. The SMILES string of the molecule is O=[N+]([O-])c1cccc2c1[CH]CN2. The molecule has 0 spiro atoms. The number of hydrogen-bond donors (Lipinski definition) is 1. The summed E-state index contributed by atoms with van der Waals surface area (Å²) in [6.45, 7) is 0.681. The fourth-order valence-electron chi connectivity index (χ4n) is 1.34. The van der Waals surface area contributed by atoms with E-state index < -0.39 is 0 Å². The minimum atomic E-state index is -0.359. The lowest BCUT2D eigenvalue weighted by Crippen LogP contribution is -1.91. The molecule has 0 saturated heterocycles. The number of nitrogens with zero attached hydrogens (tertiary/aromatic N) is 1. The van der Waals surface area contributed by atoms with Crippen LogP contribution in [0, 0.1) is 16.5 Å². The third kappa shape index (κ3) is 0.922. The maximum atomic E-state index is 10.5. The molecule has 0 aliphatic carbocycles. The van der Waals surface area contributed by atoms with Gasteiger partial charge in [-0.25, -0.2) is 0 Å². The van der Waals surface area contributed by atoms with E-state index in [1.165, 1.54) is 6.07 Å². The molecule has 0 atom stereocenters. The van der Waals surface area contributed by atoms with Gasteiger partial charge >= 0.3 is 0 Å². The summed E-state index contributed by atoms with van der Waals surface area (Å²) in [5, 5.41) is 13.6. The second-order valence-electron chi connectivity index (χ2n) is 2.58. The van der Waals surface area contributed by atoms with Gasteiger partial charge in [-0.3, -0.25) is 10.1 Å². The molecule has 4 nitrogen and oxygen atoms in total. The van der Waals surface area contributed by atoms with Crippen molar-refractivity contribution in [1.82, 2.24) is 0 Å². The summed E-state index contributed by atoms with van der Waals surface area (Å²) in [5.74, 6) is 0. The molecule has 1 aliphatic rings.